The summed E-state index contributed by atoms with van der Waals surface area (Å²) in [7, 11) is 0. The van der Waals surface area contributed by atoms with Crippen LogP contribution < -0.4 is 15.2 Å². The first kappa shape index (κ1) is 26.7. The Bertz CT molecular complexity index is 1360. The molecule has 4 rings (SSSR count). The number of hydrogen-bond donors (Lipinski definition) is 1. The van der Waals surface area contributed by atoms with Crippen LogP contribution in [-0.2, 0) is 13.2 Å². The summed E-state index contributed by atoms with van der Waals surface area (Å²) in [6.07, 6.45) is 0. The molecule has 0 amide bonds. The fraction of sp³-hybridized carbons (Fsp3) is 0.0769. The largest absolute Gasteiger partial charge is 0.487 e. The van der Waals surface area contributed by atoms with Gasteiger partial charge in [-0.25, -0.2) is 8.78 Å². The molecule has 0 aromatic heterocycles. The molecule has 2 N–H and O–H groups in total. The van der Waals surface area contributed by atoms with E-state index in [0.717, 1.165) is 0 Å². The number of halogens is 4. The van der Waals surface area contributed by atoms with Crippen LogP contribution in [0.15, 0.2) is 84.9 Å². The lowest BCUT2D eigenvalue weighted by atomic mass is 10.2. The lowest BCUT2D eigenvalue weighted by Crippen LogP contribution is -1.99. The number of nitrogens with two attached hydrogens (primary N) is 1. The number of nitro benzene ring substituents is 1. The minimum atomic E-state index is -0.549. The molecule has 0 saturated carbocycles. The molecule has 0 spiro atoms. The lowest BCUT2D eigenvalue weighted by molar-refractivity contribution is -0.384. The van der Waals surface area contributed by atoms with Crippen molar-refractivity contribution < 1.29 is 23.2 Å². The summed E-state index contributed by atoms with van der Waals surface area (Å²) >= 11 is 11.8. The highest BCUT2D eigenvalue weighted by atomic mass is 35.5. The van der Waals surface area contributed by atoms with Crippen LogP contribution in [0.3, 0.4) is 0 Å². The molecule has 186 valence electrons. The Morgan fingerprint density at radius 2 is 1.22 bits per heavy atom. The standard InChI is InChI=1S/C13H9ClFNO3.C13H11ClFNO/c14-11-7-10(16(17)18)5-6-13(11)19-8-9-3-1-2-4-12(9)15;14-11-7-10(16)5-6-13(11)17-8-9-3-1-2-4-12(9)15/h1-7H,8H2;1-7H,8,16H2. The molecule has 0 bridgehead atoms. The molecule has 0 radical (unpaired) electrons. The van der Waals surface area contributed by atoms with Gasteiger partial charge in [-0.05, 0) is 36.4 Å². The number of nitrogens with zero attached hydrogens (tertiary/aromatic N) is 1. The molecule has 0 heterocycles. The molecule has 36 heavy (non-hydrogen) atoms. The first-order chi connectivity index (χ1) is 17.2. The van der Waals surface area contributed by atoms with Crippen LogP contribution in [0, 0.1) is 21.7 Å². The number of nitrogen functional groups attached to an aromatic ring is 1. The Balaban J connectivity index is 0.000000202. The van der Waals surface area contributed by atoms with Gasteiger partial charge in [0, 0.05) is 28.9 Å². The van der Waals surface area contributed by atoms with Crippen LogP contribution in [0.5, 0.6) is 11.5 Å². The minimum Gasteiger partial charge on any atom is -0.487 e. The van der Waals surface area contributed by atoms with Crippen molar-refractivity contribution in [2.45, 2.75) is 13.2 Å². The molecule has 0 unspecified atom stereocenters. The molecule has 0 aliphatic heterocycles. The Morgan fingerprint density at radius 1 is 0.750 bits per heavy atom. The highest BCUT2D eigenvalue weighted by Crippen LogP contribution is 2.29. The maximum absolute atomic E-state index is 13.4. The van der Waals surface area contributed by atoms with Gasteiger partial charge in [-0.3, -0.25) is 10.1 Å². The summed E-state index contributed by atoms with van der Waals surface area (Å²) in [6, 6.07) is 21.5. The average molecular weight is 533 g/mol. The molecule has 6 nitrogen and oxygen atoms in total. The fourth-order valence-corrected chi connectivity index (χ4v) is 3.37. The van der Waals surface area contributed by atoms with E-state index in [1.165, 1.54) is 30.3 Å². The summed E-state index contributed by atoms with van der Waals surface area (Å²) < 4.78 is 37.5. The maximum Gasteiger partial charge on any atom is 0.271 e. The first-order valence-corrected chi connectivity index (χ1v) is 11.2. The third kappa shape index (κ3) is 7.56. The van der Waals surface area contributed by atoms with Crippen LogP contribution in [0.2, 0.25) is 10.0 Å². The van der Waals surface area contributed by atoms with Gasteiger partial charge < -0.3 is 15.2 Å². The molecule has 0 aliphatic rings. The van der Waals surface area contributed by atoms with E-state index in [4.69, 9.17) is 38.4 Å². The zero-order valence-corrected chi connectivity index (χ0v) is 20.2. The van der Waals surface area contributed by atoms with E-state index in [0.29, 0.717) is 27.6 Å². The second kappa shape index (κ2) is 12.7. The Kier molecular flexibility index (Phi) is 9.44. The smallest absolute Gasteiger partial charge is 0.271 e. The molecule has 4 aromatic rings. The number of rotatable bonds is 7. The second-order valence-electron chi connectivity index (χ2n) is 7.32. The quantitative estimate of drug-likeness (QED) is 0.150. The lowest BCUT2D eigenvalue weighted by Gasteiger charge is -2.09. The molecule has 4 aromatic carbocycles. The molecule has 0 aliphatic carbocycles. The highest BCUT2D eigenvalue weighted by Gasteiger charge is 2.11. The van der Waals surface area contributed by atoms with Gasteiger partial charge in [0.15, 0.2) is 0 Å². The summed E-state index contributed by atoms with van der Waals surface area (Å²) in [5.74, 6) is 0.0965. The van der Waals surface area contributed by atoms with Gasteiger partial charge in [0.05, 0.1) is 15.0 Å². The topological polar surface area (TPSA) is 87.6 Å². The number of hydrogen-bond acceptors (Lipinski definition) is 5. The highest BCUT2D eigenvalue weighted by molar-refractivity contribution is 6.32. The van der Waals surface area contributed by atoms with Crippen LogP contribution in [0.1, 0.15) is 11.1 Å². The molecule has 0 saturated heterocycles. The predicted octanol–water partition coefficient (Wildman–Crippen LogP) is 7.61. The van der Waals surface area contributed by atoms with E-state index in [1.54, 1.807) is 54.6 Å². The number of benzene rings is 4. The minimum absolute atomic E-state index is 0.00417. The van der Waals surface area contributed by atoms with Gasteiger partial charge in [0.2, 0.25) is 0 Å². The van der Waals surface area contributed by atoms with Gasteiger partial charge >= 0.3 is 0 Å². The Morgan fingerprint density at radius 3 is 1.67 bits per heavy atom. The molecular formula is C26H20Cl2F2N2O4. The van der Waals surface area contributed by atoms with Crippen molar-refractivity contribution in [1.82, 2.24) is 0 Å². The van der Waals surface area contributed by atoms with Crippen LogP contribution in [0.25, 0.3) is 0 Å². The van der Waals surface area contributed by atoms with E-state index in [1.807, 2.05) is 0 Å². The zero-order chi connectivity index (χ0) is 26.1. The summed E-state index contributed by atoms with van der Waals surface area (Å²) in [6.45, 7) is 0.139. The van der Waals surface area contributed by atoms with E-state index < -0.39 is 4.92 Å². The van der Waals surface area contributed by atoms with Crippen molar-refractivity contribution in [2.75, 3.05) is 5.73 Å². The van der Waals surface area contributed by atoms with E-state index in [-0.39, 0.29) is 41.3 Å². The second-order valence-corrected chi connectivity index (χ2v) is 8.14. The van der Waals surface area contributed by atoms with Crippen molar-refractivity contribution >= 4 is 34.6 Å². The number of non-ortho nitro benzene ring substituents is 1. The van der Waals surface area contributed by atoms with E-state index >= 15 is 0 Å². The first-order valence-electron chi connectivity index (χ1n) is 10.5. The van der Waals surface area contributed by atoms with Crippen molar-refractivity contribution in [3.05, 3.63) is 128 Å². The van der Waals surface area contributed by atoms with Gasteiger partial charge in [0.1, 0.15) is 36.3 Å². The molecule has 0 fully saturated rings. The molecule has 0 atom stereocenters. The Hall–Kier alpha value is -3.88. The van der Waals surface area contributed by atoms with Gasteiger partial charge in [-0.1, -0.05) is 59.6 Å². The SMILES string of the molecule is Nc1ccc(OCc2ccccc2F)c(Cl)c1.O=[N+]([O-])c1ccc(OCc2ccccc2F)c(Cl)c1. The summed E-state index contributed by atoms with van der Waals surface area (Å²) in [4.78, 5) is 10.00. The third-order valence-corrected chi connectivity index (χ3v) is 5.35. The van der Waals surface area contributed by atoms with Crippen molar-refractivity contribution in [3.8, 4) is 11.5 Å². The van der Waals surface area contributed by atoms with Gasteiger partial charge in [-0.2, -0.15) is 0 Å². The van der Waals surface area contributed by atoms with Crippen LogP contribution in [-0.4, -0.2) is 4.92 Å². The van der Waals surface area contributed by atoms with Crippen LogP contribution in [0.4, 0.5) is 20.2 Å². The molecule has 10 heteroatoms. The van der Waals surface area contributed by atoms with Crippen molar-refractivity contribution in [2.24, 2.45) is 0 Å². The van der Waals surface area contributed by atoms with E-state index in [9.17, 15) is 18.9 Å². The number of ether oxygens (including phenoxy) is 2. The number of nitro groups is 1. The van der Waals surface area contributed by atoms with Gasteiger partial charge in [0.25, 0.3) is 5.69 Å². The third-order valence-electron chi connectivity index (χ3n) is 4.76. The van der Waals surface area contributed by atoms with Crippen molar-refractivity contribution in [3.63, 3.8) is 0 Å². The van der Waals surface area contributed by atoms with Crippen molar-refractivity contribution in [1.29, 1.82) is 0 Å². The maximum atomic E-state index is 13.4. The zero-order valence-electron chi connectivity index (χ0n) is 18.7. The van der Waals surface area contributed by atoms with E-state index in [2.05, 4.69) is 0 Å². The number of anilines is 1. The normalized spacial score (nSPS) is 10.2. The fourth-order valence-electron chi connectivity index (χ4n) is 2.90. The summed E-state index contributed by atoms with van der Waals surface area (Å²) in [5, 5.41) is 11.1. The molecular weight excluding hydrogens is 513 g/mol. The summed E-state index contributed by atoms with van der Waals surface area (Å²) in [5.41, 5.74) is 6.87. The predicted molar refractivity (Wildman–Crippen MR) is 135 cm³/mol. The Labute approximate surface area is 215 Å². The van der Waals surface area contributed by atoms with Gasteiger partial charge in [-0.15, -0.1) is 0 Å². The van der Waals surface area contributed by atoms with Crippen LogP contribution >= 0.6 is 23.2 Å². The average Bonchev–Trinajstić information content (AvgIpc) is 2.85. The monoisotopic (exact) mass is 532 g/mol.